The molecule has 0 heterocycles. The Morgan fingerprint density at radius 1 is 1.00 bits per heavy atom. The van der Waals surface area contributed by atoms with Crippen molar-refractivity contribution in [1.29, 1.82) is 0 Å². The molecule has 0 saturated carbocycles. The molecule has 0 bridgehead atoms. The van der Waals surface area contributed by atoms with Crippen molar-refractivity contribution in [3.05, 3.63) is 93.7 Å². The van der Waals surface area contributed by atoms with Crippen LogP contribution in [0.3, 0.4) is 0 Å². The van der Waals surface area contributed by atoms with Crippen LogP contribution in [0.2, 0.25) is 10.0 Å². The van der Waals surface area contributed by atoms with Gasteiger partial charge in [0.15, 0.2) is 6.61 Å². The van der Waals surface area contributed by atoms with Gasteiger partial charge in [-0.3, -0.25) is 9.59 Å². The van der Waals surface area contributed by atoms with Crippen molar-refractivity contribution in [2.24, 2.45) is 5.10 Å². The van der Waals surface area contributed by atoms with Gasteiger partial charge >= 0.3 is 0 Å². The van der Waals surface area contributed by atoms with Crippen LogP contribution in [0.1, 0.15) is 15.9 Å². The molecular weight excluding hydrogens is 444 g/mol. The van der Waals surface area contributed by atoms with E-state index >= 15 is 0 Å². The van der Waals surface area contributed by atoms with Gasteiger partial charge in [0, 0.05) is 0 Å². The second-order valence-electron chi connectivity index (χ2n) is 6.19. The van der Waals surface area contributed by atoms with Crippen molar-refractivity contribution < 1.29 is 18.7 Å². The van der Waals surface area contributed by atoms with Crippen LogP contribution in [0, 0.1) is 5.82 Å². The van der Waals surface area contributed by atoms with Crippen LogP contribution in [-0.2, 0) is 4.79 Å². The minimum Gasteiger partial charge on any atom is -0.482 e. The highest BCUT2D eigenvalue weighted by molar-refractivity contribution is 6.33. The molecule has 31 heavy (non-hydrogen) atoms. The van der Waals surface area contributed by atoms with E-state index in [1.807, 2.05) is 0 Å². The summed E-state index contributed by atoms with van der Waals surface area (Å²) >= 11 is 12.1. The molecule has 0 radical (unpaired) electrons. The minimum atomic E-state index is -0.542. The SMILES string of the molecule is O=C(COc1ccc(/C=N\NC(=O)c2ccccc2Cl)cc1Cl)Nc1ccccc1F. The van der Waals surface area contributed by atoms with E-state index in [0.29, 0.717) is 16.1 Å². The van der Waals surface area contributed by atoms with Crippen molar-refractivity contribution >= 4 is 46.9 Å². The lowest BCUT2D eigenvalue weighted by Gasteiger charge is -2.09. The van der Waals surface area contributed by atoms with Gasteiger partial charge in [0.2, 0.25) is 0 Å². The lowest BCUT2D eigenvalue weighted by atomic mass is 10.2. The van der Waals surface area contributed by atoms with Gasteiger partial charge in [0.25, 0.3) is 11.8 Å². The number of carbonyl (C=O) groups excluding carboxylic acids is 2. The van der Waals surface area contributed by atoms with E-state index in [2.05, 4.69) is 15.8 Å². The Bertz CT molecular complexity index is 1140. The number of nitrogens with one attached hydrogen (secondary N) is 2. The molecule has 0 atom stereocenters. The number of nitrogens with zero attached hydrogens (tertiary/aromatic N) is 1. The first-order valence-electron chi connectivity index (χ1n) is 8.98. The Hall–Kier alpha value is -3.42. The van der Waals surface area contributed by atoms with Gasteiger partial charge in [0.1, 0.15) is 11.6 Å². The monoisotopic (exact) mass is 459 g/mol. The molecular formula is C22H16Cl2FN3O3. The summed E-state index contributed by atoms with van der Waals surface area (Å²) in [6.07, 6.45) is 1.40. The third kappa shape index (κ3) is 6.28. The molecule has 3 rings (SSSR count). The van der Waals surface area contributed by atoms with Crippen LogP contribution in [0.25, 0.3) is 0 Å². The molecule has 158 valence electrons. The van der Waals surface area contributed by atoms with E-state index in [-0.39, 0.29) is 23.1 Å². The zero-order valence-electron chi connectivity index (χ0n) is 15.9. The molecule has 0 fully saturated rings. The molecule has 3 aromatic carbocycles. The molecule has 0 aliphatic carbocycles. The minimum absolute atomic E-state index is 0.0626. The van der Waals surface area contributed by atoms with Crippen LogP contribution < -0.4 is 15.5 Å². The average Bonchev–Trinajstić information content (AvgIpc) is 2.75. The van der Waals surface area contributed by atoms with E-state index in [1.165, 1.54) is 24.4 Å². The van der Waals surface area contributed by atoms with Gasteiger partial charge in [0.05, 0.1) is 27.5 Å². The number of halogens is 3. The van der Waals surface area contributed by atoms with E-state index in [0.717, 1.165) is 0 Å². The second-order valence-corrected chi connectivity index (χ2v) is 7.00. The number of hydrazone groups is 1. The Balaban J connectivity index is 1.54. The fourth-order valence-corrected chi connectivity index (χ4v) is 2.94. The largest absolute Gasteiger partial charge is 0.482 e. The molecule has 0 unspecified atom stereocenters. The summed E-state index contributed by atoms with van der Waals surface area (Å²) in [6.45, 7) is -0.352. The Morgan fingerprint density at radius 3 is 2.48 bits per heavy atom. The summed E-state index contributed by atoms with van der Waals surface area (Å²) in [5.41, 5.74) is 3.33. The molecule has 0 aliphatic heterocycles. The van der Waals surface area contributed by atoms with Crippen molar-refractivity contribution in [1.82, 2.24) is 5.43 Å². The fraction of sp³-hybridized carbons (Fsp3) is 0.0455. The first-order chi connectivity index (χ1) is 14.9. The topological polar surface area (TPSA) is 79.8 Å². The van der Waals surface area contributed by atoms with E-state index in [9.17, 15) is 14.0 Å². The van der Waals surface area contributed by atoms with E-state index < -0.39 is 17.6 Å². The summed E-state index contributed by atoms with van der Waals surface area (Å²) in [5, 5.41) is 6.85. The van der Waals surface area contributed by atoms with Crippen LogP contribution in [-0.4, -0.2) is 24.6 Å². The summed E-state index contributed by atoms with van der Waals surface area (Å²) in [4.78, 5) is 24.0. The summed E-state index contributed by atoms with van der Waals surface area (Å²) in [5.74, 6) is -1.26. The molecule has 3 aromatic rings. The molecule has 0 spiro atoms. The predicted octanol–water partition coefficient (Wildman–Crippen LogP) is 4.91. The van der Waals surface area contributed by atoms with Crippen LogP contribution in [0.4, 0.5) is 10.1 Å². The Labute approximate surface area is 187 Å². The highest BCUT2D eigenvalue weighted by Crippen LogP contribution is 2.25. The lowest BCUT2D eigenvalue weighted by molar-refractivity contribution is -0.118. The smallest absolute Gasteiger partial charge is 0.272 e. The number of hydrogen-bond donors (Lipinski definition) is 2. The number of anilines is 1. The molecule has 9 heteroatoms. The number of para-hydroxylation sites is 1. The third-order valence-electron chi connectivity index (χ3n) is 3.96. The van der Waals surface area contributed by atoms with Gasteiger partial charge in [-0.05, 0) is 48.0 Å². The van der Waals surface area contributed by atoms with Gasteiger partial charge in [-0.15, -0.1) is 0 Å². The molecule has 0 saturated heterocycles. The molecule has 0 aromatic heterocycles. The van der Waals surface area contributed by atoms with Gasteiger partial charge in [-0.25, -0.2) is 9.82 Å². The highest BCUT2D eigenvalue weighted by Gasteiger charge is 2.10. The normalized spacial score (nSPS) is 10.7. The molecule has 2 N–H and O–H groups in total. The number of rotatable bonds is 7. The first-order valence-corrected chi connectivity index (χ1v) is 9.74. The molecule has 6 nitrogen and oxygen atoms in total. The number of amides is 2. The Morgan fingerprint density at radius 2 is 1.74 bits per heavy atom. The summed E-state index contributed by atoms with van der Waals surface area (Å²) in [6, 6.07) is 17.2. The quantitative estimate of drug-likeness (QED) is 0.388. The fourth-order valence-electron chi connectivity index (χ4n) is 2.48. The highest BCUT2D eigenvalue weighted by atomic mass is 35.5. The van der Waals surface area contributed by atoms with Crippen molar-refractivity contribution in [2.45, 2.75) is 0 Å². The lowest BCUT2D eigenvalue weighted by Crippen LogP contribution is -2.20. The number of hydrogen-bond acceptors (Lipinski definition) is 4. The van der Waals surface area contributed by atoms with Crippen LogP contribution >= 0.6 is 23.2 Å². The van der Waals surface area contributed by atoms with Gasteiger partial charge < -0.3 is 10.1 Å². The van der Waals surface area contributed by atoms with E-state index in [4.69, 9.17) is 27.9 Å². The molecule has 0 aliphatic rings. The summed E-state index contributed by atoms with van der Waals surface area (Å²) in [7, 11) is 0. The zero-order valence-corrected chi connectivity index (χ0v) is 17.5. The standard InChI is InChI=1S/C22H16Cl2FN3O3/c23-16-6-2-1-5-15(16)22(30)28-26-12-14-9-10-20(17(24)11-14)31-13-21(29)27-19-8-4-3-7-18(19)25/h1-12H,13H2,(H,27,29)(H,28,30)/b26-12-. The number of ether oxygens (including phenoxy) is 1. The maximum Gasteiger partial charge on any atom is 0.272 e. The van der Waals surface area contributed by atoms with Gasteiger partial charge in [-0.2, -0.15) is 5.10 Å². The van der Waals surface area contributed by atoms with Crippen LogP contribution in [0.5, 0.6) is 5.75 Å². The van der Waals surface area contributed by atoms with Crippen molar-refractivity contribution in [3.8, 4) is 5.75 Å². The number of benzene rings is 3. The van der Waals surface area contributed by atoms with Crippen molar-refractivity contribution in [2.75, 3.05) is 11.9 Å². The van der Waals surface area contributed by atoms with Crippen LogP contribution in [0.15, 0.2) is 71.8 Å². The zero-order chi connectivity index (χ0) is 22.2. The van der Waals surface area contributed by atoms with Gasteiger partial charge in [-0.1, -0.05) is 47.5 Å². The Kier molecular flexibility index (Phi) is 7.59. The molecule has 2 amide bonds. The third-order valence-corrected chi connectivity index (χ3v) is 4.59. The van der Waals surface area contributed by atoms with Crippen molar-refractivity contribution in [3.63, 3.8) is 0 Å². The predicted molar refractivity (Wildman–Crippen MR) is 118 cm³/mol. The first kappa shape index (κ1) is 22.3. The van der Waals surface area contributed by atoms with E-state index in [1.54, 1.807) is 48.5 Å². The average molecular weight is 460 g/mol. The summed E-state index contributed by atoms with van der Waals surface area (Å²) < 4.78 is 19.0. The second kappa shape index (κ2) is 10.6. The maximum atomic E-state index is 13.6. The number of carbonyl (C=O) groups is 2. The maximum absolute atomic E-state index is 13.6.